The third-order valence-corrected chi connectivity index (χ3v) is 6.15. The number of nitrogens with two attached hydrogens (primary N) is 2. The Hall–Kier alpha value is -4.63. The molecule has 38 heavy (non-hydrogen) atoms. The number of nitrogens with one attached hydrogen (secondary N) is 3. The highest BCUT2D eigenvalue weighted by molar-refractivity contribution is 6.32. The maximum absolute atomic E-state index is 13.5. The van der Waals surface area contributed by atoms with Gasteiger partial charge in [0, 0.05) is 29.9 Å². The zero-order valence-electron chi connectivity index (χ0n) is 20.6. The van der Waals surface area contributed by atoms with Gasteiger partial charge in [-0.05, 0) is 29.7 Å². The fourth-order valence-corrected chi connectivity index (χ4v) is 4.23. The number of benzene rings is 3. The Labute approximate surface area is 225 Å². The van der Waals surface area contributed by atoms with Gasteiger partial charge in [-0.1, -0.05) is 78.3 Å². The molecule has 0 spiro atoms. The van der Waals surface area contributed by atoms with Gasteiger partial charge in [-0.3, -0.25) is 19.6 Å². The van der Waals surface area contributed by atoms with Crippen LogP contribution in [0.5, 0.6) is 0 Å². The molecule has 9 nitrogen and oxygen atoms in total. The van der Waals surface area contributed by atoms with Gasteiger partial charge in [-0.2, -0.15) is 0 Å². The van der Waals surface area contributed by atoms with Gasteiger partial charge in [0.1, 0.15) is 12.4 Å². The molecule has 1 amide bonds. The molecule has 4 rings (SSSR count). The van der Waals surface area contributed by atoms with Crippen LogP contribution in [0.2, 0.25) is 5.15 Å². The molecular formula is C28H28ClN7O2. The highest BCUT2D eigenvalue weighted by Crippen LogP contribution is 2.27. The van der Waals surface area contributed by atoms with Crippen LogP contribution < -0.4 is 27.7 Å². The first-order chi connectivity index (χ1) is 18.3. The molecule has 10 heteroatoms. The van der Waals surface area contributed by atoms with E-state index < -0.39 is 5.56 Å². The van der Waals surface area contributed by atoms with Gasteiger partial charge in [0.05, 0.1) is 5.69 Å². The number of nitrogen functional groups attached to an aromatic ring is 2. The number of hydrogen-bond acceptors (Lipinski definition) is 6. The Morgan fingerprint density at radius 2 is 1.74 bits per heavy atom. The molecule has 4 aromatic rings. The van der Waals surface area contributed by atoms with Crippen molar-refractivity contribution in [2.75, 3.05) is 17.6 Å². The minimum absolute atomic E-state index is 0.0308. The smallest absolute Gasteiger partial charge is 0.294 e. The quantitative estimate of drug-likeness (QED) is 0.121. The lowest BCUT2D eigenvalue weighted by Crippen LogP contribution is -2.34. The molecule has 0 unspecified atom stereocenters. The SMILES string of the molecule is N=C(N)c1ccc(CNC(=O)Cn2c(-c3cccc(N)c3)c(Cl)nc(NCCc3ccccc3)c2=O)cc1. The Morgan fingerprint density at radius 1 is 1.00 bits per heavy atom. The van der Waals surface area contributed by atoms with Gasteiger partial charge in [0.2, 0.25) is 5.91 Å². The zero-order chi connectivity index (χ0) is 27.1. The van der Waals surface area contributed by atoms with Crippen LogP contribution in [0.3, 0.4) is 0 Å². The summed E-state index contributed by atoms with van der Waals surface area (Å²) in [6.45, 7) is 0.424. The molecule has 7 N–H and O–H groups in total. The normalized spacial score (nSPS) is 10.7. The van der Waals surface area contributed by atoms with Crippen molar-refractivity contribution in [3.05, 3.63) is 111 Å². The Kier molecular flexibility index (Phi) is 8.40. The van der Waals surface area contributed by atoms with Crippen molar-refractivity contribution >= 4 is 34.8 Å². The van der Waals surface area contributed by atoms with Crippen LogP contribution in [-0.4, -0.2) is 27.8 Å². The maximum atomic E-state index is 13.5. The van der Waals surface area contributed by atoms with Crippen molar-refractivity contribution in [1.82, 2.24) is 14.9 Å². The summed E-state index contributed by atoms with van der Waals surface area (Å²) in [5.41, 5.74) is 14.9. The molecular weight excluding hydrogens is 502 g/mol. The first-order valence-electron chi connectivity index (χ1n) is 12.0. The number of aromatic nitrogens is 2. The molecule has 3 aromatic carbocycles. The van der Waals surface area contributed by atoms with Crippen LogP contribution in [0.1, 0.15) is 16.7 Å². The molecule has 0 atom stereocenters. The van der Waals surface area contributed by atoms with E-state index in [0.717, 1.165) is 11.1 Å². The van der Waals surface area contributed by atoms with Crippen molar-refractivity contribution in [2.45, 2.75) is 19.5 Å². The lowest BCUT2D eigenvalue weighted by atomic mass is 10.1. The van der Waals surface area contributed by atoms with Gasteiger partial charge < -0.3 is 22.1 Å². The summed E-state index contributed by atoms with van der Waals surface area (Å²) in [5.74, 6) is -0.353. The number of nitrogens with zero attached hydrogens (tertiary/aromatic N) is 2. The summed E-state index contributed by atoms with van der Waals surface area (Å²) in [6.07, 6.45) is 0.680. The molecule has 0 aliphatic heterocycles. The topological polar surface area (TPSA) is 152 Å². The summed E-state index contributed by atoms with van der Waals surface area (Å²) in [6, 6.07) is 23.7. The second-order valence-electron chi connectivity index (χ2n) is 8.67. The molecule has 0 aliphatic rings. The third kappa shape index (κ3) is 6.57. The van der Waals surface area contributed by atoms with Crippen molar-refractivity contribution in [3.63, 3.8) is 0 Å². The van der Waals surface area contributed by atoms with Crippen molar-refractivity contribution < 1.29 is 4.79 Å². The summed E-state index contributed by atoms with van der Waals surface area (Å²) in [4.78, 5) is 30.8. The van der Waals surface area contributed by atoms with Crippen LogP contribution in [0, 0.1) is 5.41 Å². The van der Waals surface area contributed by atoms with E-state index in [-0.39, 0.29) is 35.8 Å². The van der Waals surface area contributed by atoms with Crippen LogP contribution in [0.25, 0.3) is 11.3 Å². The van der Waals surface area contributed by atoms with E-state index in [1.54, 1.807) is 48.5 Å². The van der Waals surface area contributed by atoms with Gasteiger partial charge >= 0.3 is 0 Å². The van der Waals surface area contributed by atoms with Crippen molar-refractivity contribution in [3.8, 4) is 11.3 Å². The number of hydrogen-bond donors (Lipinski definition) is 5. The number of carbonyl (C=O) groups excluding carboxylic acids is 1. The van der Waals surface area contributed by atoms with E-state index in [1.807, 2.05) is 30.3 Å². The second kappa shape index (κ2) is 12.1. The highest BCUT2D eigenvalue weighted by Gasteiger charge is 2.19. The van der Waals surface area contributed by atoms with Crippen LogP contribution >= 0.6 is 11.6 Å². The fourth-order valence-electron chi connectivity index (χ4n) is 3.94. The van der Waals surface area contributed by atoms with Gasteiger partial charge in [-0.15, -0.1) is 0 Å². The molecule has 0 aliphatic carbocycles. The number of amides is 1. The zero-order valence-corrected chi connectivity index (χ0v) is 21.3. The minimum Gasteiger partial charge on any atom is -0.399 e. The first-order valence-corrected chi connectivity index (χ1v) is 12.3. The van der Waals surface area contributed by atoms with E-state index in [2.05, 4.69) is 15.6 Å². The number of carbonyl (C=O) groups is 1. The predicted octanol–water partition coefficient (Wildman–Crippen LogP) is 3.40. The number of rotatable bonds is 10. The Balaban J connectivity index is 1.57. The summed E-state index contributed by atoms with van der Waals surface area (Å²) < 4.78 is 1.31. The van der Waals surface area contributed by atoms with Crippen LogP contribution in [-0.2, 0) is 24.3 Å². The summed E-state index contributed by atoms with van der Waals surface area (Å²) >= 11 is 6.58. The van der Waals surface area contributed by atoms with E-state index in [4.69, 9.17) is 28.5 Å². The molecule has 1 aromatic heterocycles. The first kappa shape index (κ1) is 26.4. The van der Waals surface area contributed by atoms with Crippen LogP contribution in [0.4, 0.5) is 11.5 Å². The summed E-state index contributed by atoms with van der Waals surface area (Å²) in [5, 5.41) is 13.5. The van der Waals surface area contributed by atoms with Crippen molar-refractivity contribution in [1.29, 1.82) is 5.41 Å². The third-order valence-electron chi connectivity index (χ3n) is 5.89. The van der Waals surface area contributed by atoms with E-state index in [9.17, 15) is 9.59 Å². The summed E-state index contributed by atoms with van der Waals surface area (Å²) in [7, 11) is 0. The Morgan fingerprint density at radius 3 is 2.42 bits per heavy atom. The minimum atomic E-state index is -0.471. The molecule has 0 radical (unpaired) electrons. The van der Waals surface area contributed by atoms with Gasteiger partial charge in [0.15, 0.2) is 11.0 Å². The van der Waals surface area contributed by atoms with Crippen LogP contribution in [0.15, 0.2) is 83.7 Å². The molecule has 0 saturated heterocycles. The maximum Gasteiger partial charge on any atom is 0.294 e. The van der Waals surface area contributed by atoms with Gasteiger partial charge in [-0.25, -0.2) is 4.98 Å². The average Bonchev–Trinajstić information content (AvgIpc) is 2.91. The van der Waals surface area contributed by atoms with Crippen molar-refractivity contribution in [2.24, 2.45) is 5.73 Å². The van der Waals surface area contributed by atoms with E-state index in [0.29, 0.717) is 35.5 Å². The fraction of sp³-hybridized carbons (Fsp3) is 0.143. The number of halogens is 1. The largest absolute Gasteiger partial charge is 0.399 e. The Bertz CT molecular complexity index is 1500. The number of anilines is 2. The lowest BCUT2D eigenvalue weighted by Gasteiger charge is -2.17. The molecule has 0 fully saturated rings. The molecule has 0 saturated carbocycles. The lowest BCUT2D eigenvalue weighted by molar-refractivity contribution is -0.121. The second-order valence-corrected chi connectivity index (χ2v) is 9.02. The van der Waals surface area contributed by atoms with E-state index in [1.165, 1.54) is 4.57 Å². The monoisotopic (exact) mass is 529 g/mol. The molecule has 1 heterocycles. The van der Waals surface area contributed by atoms with E-state index >= 15 is 0 Å². The molecule has 0 bridgehead atoms. The predicted molar refractivity (Wildman–Crippen MR) is 151 cm³/mol. The molecule has 194 valence electrons. The average molecular weight is 530 g/mol. The number of amidine groups is 1. The van der Waals surface area contributed by atoms with Gasteiger partial charge in [0.25, 0.3) is 5.56 Å². The standard InChI is InChI=1S/C28H28ClN7O2/c29-25-24(21-7-4-8-22(30)15-21)36(17-23(37)34-16-19-9-11-20(12-10-19)26(31)32)28(38)27(35-25)33-14-13-18-5-2-1-3-6-18/h1-12,15H,13-14,16-17,30H2,(H3,31,32)(H,33,35)(H,34,37). The highest BCUT2D eigenvalue weighted by atomic mass is 35.5.